The molecule has 0 bridgehead atoms. The Kier molecular flexibility index (Phi) is 6.65. The van der Waals surface area contributed by atoms with Crippen LogP contribution in [-0.4, -0.2) is 39.6 Å². The van der Waals surface area contributed by atoms with E-state index in [1.54, 1.807) is 22.6 Å². The van der Waals surface area contributed by atoms with Crippen molar-refractivity contribution >= 4 is 39.2 Å². The van der Waals surface area contributed by atoms with Gasteiger partial charge >= 0.3 is 0 Å². The molecule has 1 aliphatic carbocycles. The fraction of sp³-hybridized carbons (Fsp3) is 0.526. The quantitative estimate of drug-likeness (QED) is 0.522. The van der Waals surface area contributed by atoms with Crippen molar-refractivity contribution in [2.45, 2.75) is 44.1 Å². The molecule has 0 N–H and O–H groups in total. The Morgan fingerprint density at radius 1 is 1.33 bits per heavy atom. The summed E-state index contributed by atoms with van der Waals surface area (Å²) in [6.07, 6.45) is 5.43. The number of carbonyl (C=O) groups excluding carboxylic acids is 1. The zero-order valence-electron chi connectivity index (χ0n) is 15.3. The molecule has 0 saturated carbocycles. The lowest BCUT2D eigenvalue weighted by Gasteiger charge is -2.20. The van der Waals surface area contributed by atoms with E-state index in [9.17, 15) is 4.79 Å². The van der Waals surface area contributed by atoms with Gasteiger partial charge in [-0.05, 0) is 30.7 Å². The number of aromatic nitrogens is 2. The summed E-state index contributed by atoms with van der Waals surface area (Å²) in [6.45, 7) is 3.01. The summed E-state index contributed by atoms with van der Waals surface area (Å²) in [7, 11) is 0. The molecule has 0 saturated heterocycles. The first-order chi connectivity index (χ1) is 13.1. The lowest BCUT2D eigenvalue weighted by Crippen LogP contribution is -2.34. The zero-order chi connectivity index (χ0) is 19.2. The van der Waals surface area contributed by atoms with E-state index < -0.39 is 0 Å². The number of hydrogen-bond donors (Lipinski definition) is 0. The van der Waals surface area contributed by atoms with Crippen LogP contribution in [0.2, 0.25) is 0 Å². The number of rotatable bonds is 7. The molecular formula is C19H21N5OS2. The summed E-state index contributed by atoms with van der Waals surface area (Å²) >= 11 is 3.18. The van der Waals surface area contributed by atoms with Crippen molar-refractivity contribution in [2.75, 3.05) is 18.8 Å². The average Bonchev–Trinajstić information content (AvgIpc) is 3.04. The molecule has 2 aromatic rings. The number of hydrogen-bond acceptors (Lipinski definition) is 7. The first kappa shape index (κ1) is 19.6. The van der Waals surface area contributed by atoms with Gasteiger partial charge in [0.15, 0.2) is 0 Å². The van der Waals surface area contributed by atoms with Crippen LogP contribution < -0.4 is 0 Å². The van der Waals surface area contributed by atoms with Crippen LogP contribution in [0.1, 0.15) is 36.6 Å². The fourth-order valence-corrected chi connectivity index (χ4v) is 5.65. The standard InChI is InChI=1S/C19H21N5OS2/c1-13-4-5-14-15(10-13)27-19-17(14)18(22-12-23-19)26-11-16(25)24(8-2-6-20)9-3-7-21/h12-13H,2-5,8-11H2,1H3/t13-/m1/s1. The van der Waals surface area contributed by atoms with Crippen molar-refractivity contribution in [1.29, 1.82) is 10.5 Å². The van der Waals surface area contributed by atoms with Crippen LogP contribution in [0.4, 0.5) is 0 Å². The minimum Gasteiger partial charge on any atom is -0.340 e. The predicted molar refractivity (Wildman–Crippen MR) is 106 cm³/mol. The van der Waals surface area contributed by atoms with Gasteiger partial charge in [-0.15, -0.1) is 11.3 Å². The highest BCUT2D eigenvalue weighted by Gasteiger charge is 2.23. The monoisotopic (exact) mass is 399 g/mol. The molecule has 6 nitrogen and oxygen atoms in total. The van der Waals surface area contributed by atoms with Gasteiger partial charge < -0.3 is 4.90 Å². The van der Waals surface area contributed by atoms with E-state index in [-0.39, 0.29) is 24.5 Å². The van der Waals surface area contributed by atoms with Crippen molar-refractivity contribution in [3.63, 3.8) is 0 Å². The number of nitrogens with zero attached hydrogens (tertiary/aromatic N) is 5. The minimum absolute atomic E-state index is 0.0602. The minimum atomic E-state index is -0.0602. The van der Waals surface area contributed by atoms with E-state index in [1.165, 1.54) is 28.6 Å². The van der Waals surface area contributed by atoms with Gasteiger partial charge in [-0.2, -0.15) is 10.5 Å². The Bertz CT molecular complexity index is 893. The first-order valence-corrected chi connectivity index (χ1v) is 10.8. The van der Waals surface area contributed by atoms with Gasteiger partial charge in [-0.25, -0.2) is 9.97 Å². The largest absolute Gasteiger partial charge is 0.340 e. The Hall–Kier alpha value is -2.16. The van der Waals surface area contributed by atoms with Crippen molar-refractivity contribution in [2.24, 2.45) is 5.92 Å². The fourth-order valence-electron chi connectivity index (χ4n) is 3.31. The summed E-state index contributed by atoms with van der Waals surface area (Å²) in [5.74, 6) is 0.893. The topological polar surface area (TPSA) is 93.7 Å². The Morgan fingerprint density at radius 3 is 2.78 bits per heavy atom. The average molecular weight is 400 g/mol. The molecule has 1 amide bonds. The lowest BCUT2D eigenvalue weighted by atomic mass is 9.89. The summed E-state index contributed by atoms with van der Waals surface area (Å²) < 4.78 is 0. The molecule has 8 heteroatoms. The van der Waals surface area contributed by atoms with Crippen LogP contribution in [0, 0.1) is 28.6 Å². The summed E-state index contributed by atoms with van der Waals surface area (Å²) in [4.78, 5) is 25.5. The Labute approximate surface area is 167 Å². The van der Waals surface area contributed by atoms with Gasteiger partial charge in [0.05, 0.1) is 30.7 Å². The molecule has 0 radical (unpaired) electrons. The van der Waals surface area contributed by atoms with Crippen molar-refractivity contribution in [1.82, 2.24) is 14.9 Å². The molecule has 2 aromatic heterocycles. The second kappa shape index (κ2) is 9.16. The van der Waals surface area contributed by atoms with Gasteiger partial charge in [0.1, 0.15) is 16.2 Å². The molecule has 0 aliphatic heterocycles. The Balaban J connectivity index is 1.75. The molecule has 27 heavy (non-hydrogen) atoms. The molecule has 1 aliphatic rings. The SMILES string of the molecule is C[C@@H]1CCc2c(sc3ncnc(SCC(=O)N(CCC#N)CCC#N)c23)C1. The highest BCUT2D eigenvalue weighted by atomic mass is 32.2. The molecule has 0 unspecified atom stereocenters. The molecule has 3 rings (SSSR count). The van der Waals surface area contributed by atoms with Crippen LogP contribution in [0.25, 0.3) is 10.2 Å². The molecule has 0 fully saturated rings. The molecule has 1 atom stereocenters. The second-order valence-corrected chi connectivity index (χ2v) is 8.74. The van der Waals surface area contributed by atoms with Gasteiger partial charge in [-0.1, -0.05) is 18.7 Å². The van der Waals surface area contributed by atoms with Crippen LogP contribution in [0.3, 0.4) is 0 Å². The van der Waals surface area contributed by atoms with Crippen LogP contribution in [0.5, 0.6) is 0 Å². The molecule has 2 heterocycles. The Morgan fingerprint density at radius 2 is 2.07 bits per heavy atom. The van der Waals surface area contributed by atoms with Crippen molar-refractivity contribution in [3.05, 3.63) is 16.8 Å². The summed E-state index contributed by atoms with van der Waals surface area (Å²) in [5, 5.41) is 19.5. The number of thiophene rings is 1. The lowest BCUT2D eigenvalue weighted by molar-refractivity contribution is -0.128. The van der Waals surface area contributed by atoms with Crippen LogP contribution >= 0.6 is 23.1 Å². The first-order valence-electron chi connectivity index (χ1n) is 9.03. The van der Waals surface area contributed by atoms with E-state index in [0.29, 0.717) is 19.0 Å². The normalized spacial score (nSPS) is 15.7. The maximum Gasteiger partial charge on any atom is 0.233 e. The number of aryl methyl sites for hydroxylation is 1. The van der Waals surface area contributed by atoms with E-state index >= 15 is 0 Å². The molecule has 0 aromatic carbocycles. The molecular weight excluding hydrogens is 378 g/mol. The maximum atomic E-state index is 12.6. The molecule has 140 valence electrons. The van der Waals surface area contributed by atoms with Crippen molar-refractivity contribution in [3.8, 4) is 12.1 Å². The van der Waals surface area contributed by atoms with Gasteiger partial charge in [-0.3, -0.25) is 4.79 Å². The van der Waals surface area contributed by atoms with Crippen LogP contribution in [-0.2, 0) is 17.6 Å². The van der Waals surface area contributed by atoms with E-state index in [0.717, 1.165) is 28.1 Å². The third-order valence-corrected chi connectivity index (χ3v) is 6.87. The smallest absolute Gasteiger partial charge is 0.233 e. The van der Waals surface area contributed by atoms with Crippen molar-refractivity contribution < 1.29 is 4.79 Å². The van der Waals surface area contributed by atoms with Crippen LogP contribution in [0.15, 0.2) is 11.4 Å². The molecule has 0 spiro atoms. The number of carbonyl (C=O) groups is 1. The third-order valence-electron chi connectivity index (χ3n) is 4.73. The number of fused-ring (bicyclic) bond motifs is 3. The predicted octanol–water partition coefficient (Wildman–Crippen LogP) is 3.56. The summed E-state index contributed by atoms with van der Waals surface area (Å²) in [6, 6.07) is 4.12. The van der Waals surface area contributed by atoms with E-state index in [2.05, 4.69) is 29.0 Å². The third kappa shape index (κ3) is 4.58. The van der Waals surface area contributed by atoms with E-state index in [1.807, 2.05) is 0 Å². The number of nitriles is 2. The number of amides is 1. The summed E-state index contributed by atoms with van der Waals surface area (Å²) in [5.41, 5.74) is 1.36. The number of thioether (sulfide) groups is 1. The van der Waals surface area contributed by atoms with Gasteiger partial charge in [0.2, 0.25) is 5.91 Å². The highest BCUT2D eigenvalue weighted by molar-refractivity contribution is 8.00. The highest BCUT2D eigenvalue weighted by Crippen LogP contribution is 2.40. The van der Waals surface area contributed by atoms with E-state index in [4.69, 9.17) is 10.5 Å². The maximum absolute atomic E-state index is 12.6. The second-order valence-electron chi connectivity index (χ2n) is 6.70. The van der Waals surface area contributed by atoms with Gasteiger partial charge in [0, 0.05) is 23.4 Å². The van der Waals surface area contributed by atoms with Gasteiger partial charge in [0.25, 0.3) is 0 Å². The zero-order valence-corrected chi connectivity index (χ0v) is 16.9.